The average Bonchev–Trinajstić information content (AvgIpc) is 2.27. The number of aromatic carboxylic acids is 1. The average molecular weight is 198 g/mol. The van der Waals surface area contributed by atoms with Crippen LogP contribution in [0.15, 0.2) is 43.0 Å². The zero-order valence-corrected chi connectivity index (χ0v) is 8.10. The first-order valence-electron chi connectivity index (χ1n) is 4.61. The summed E-state index contributed by atoms with van der Waals surface area (Å²) in [7, 11) is 0. The van der Waals surface area contributed by atoms with Crippen LogP contribution in [-0.4, -0.2) is 11.1 Å². The van der Waals surface area contributed by atoms with E-state index in [1.165, 1.54) is 0 Å². The molecule has 0 radical (unpaired) electrons. The maximum Gasteiger partial charge on any atom is 0.336 e. The van der Waals surface area contributed by atoms with Crippen molar-refractivity contribution >= 4 is 22.8 Å². The van der Waals surface area contributed by atoms with Crippen LogP contribution in [-0.2, 0) is 0 Å². The van der Waals surface area contributed by atoms with Crippen LogP contribution in [0.4, 0.5) is 0 Å². The molecule has 0 unspecified atom stereocenters. The highest BCUT2D eigenvalue weighted by molar-refractivity contribution is 6.04. The van der Waals surface area contributed by atoms with Crippen molar-refractivity contribution in [2.75, 3.05) is 0 Å². The van der Waals surface area contributed by atoms with Gasteiger partial charge in [0.1, 0.15) is 0 Å². The fourth-order valence-corrected chi connectivity index (χ4v) is 1.62. The fourth-order valence-electron chi connectivity index (χ4n) is 1.62. The smallest absolute Gasteiger partial charge is 0.336 e. The zero-order valence-electron chi connectivity index (χ0n) is 8.10. The van der Waals surface area contributed by atoms with Crippen LogP contribution < -0.4 is 0 Å². The van der Waals surface area contributed by atoms with E-state index in [9.17, 15) is 4.79 Å². The molecule has 2 aromatic rings. The van der Waals surface area contributed by atoms with Gasteiger partial charge in [0.2, 0.25) is 0 Å². The maximum absolute atomic E-state index is 10.9. The molecule has 2 rings (SSSR count). The molecule has 15 heavy (non-hydrogen) atoms. The molecule has 74 valence electrons. The Morgan fingerprint density at radius 2 is 2.07 bits per heavy atom. The van der Waals surface area contributed by atoms with Crippen molar-refractivity contribution in [3.8, 4) is 0 Å². The van der Waals surface area contributed by atoms with E-state index in [1.54, 1.807) is 18.2 Å². The summed E-state index contributed by atoms with van der Waals surface area (Å²) >= 11 is 0. The van der Waals surface area contributed by atoms with E-state index in [0.717, 1.165) is 16.3 Å². The van der Waals surface area contributed by atoms with Gasteiger partial charge in [0, 0.05) is 0 Å². The van der Waals surface area contributed by atoms with E-state index >= 15 is 0 Å². The van der Waals surface area contributed by atoms with Crippen LogP contribution >= 0.6 is 0 Å². The van der Waals surface area contributed by atoms with Gasteiger partial charge in [-0.1, -0.05) is 36.9 Å². The van der Waals surface area contributed by atoms with Crippen LogP contribution in [0.3, 0.4) is 0 Å². The molecule has 0 amide bonds. The SMILES string of the molecule is C=Cc1ccc2c(C(=O)O)cccc2c1. The van der Waals surface area contributed by atoms with Crippen LogP contribution in [0.5, 0.6) is 0 Å². The predicted octanol–water partition coefficient (Wildman–Crippen LogP) is 3.18. The summed E-state index contributed by atoms with van der Waals surface area (Å²) in [6, 6.07) is 10.9. The summed E-state index contributed by atoms with van der Waals surface area (Å²) in [5, 5.41) is 10.7. The number of rotatable bonds is 2. The van der Waals surface area contributed by atoms with Gasteiger partial charge < -0.3 is 5.11 Å². The highest BCUT2D eigenvalue weighted by Crippen LogP contribution is 2.20. The third-order valence-corrected chi connectivity index (χ3v) is 2.37. The van der Waals surface area contributed by atoms with Gasteiger partial charge >= 0.3 is 5.97 Å². The summed E-state index contributed by atoms with van der Waals surface area (Å²) in [4.78, 5) is 10.9. The molecule has 0 saturated heterocycles. The predicted molar refractivity (Wildman–Crippen MR) is 61.0 cm³/mol. The minimum absolute atomic E-state index is 0.336. The lowest BCUT2D eigenvalue weighted by Crippen LogP contribution is -1.96. The van der Waals surface area contributed by atoms with Gasteiger partial charge in [-0.25, -0.2) is 4.79 Å². The van der Waals surface area contributed by atoms with Gasteiger partial charge in [0.05, 0.1) is 5.56 Å². The molecule has 0 aliphatic rings. The van der Waals surface area contributed by atoms with E-state index in [0.29, 0.717) is 5.56 Å². The standard InChI is InChI=1S/C13H10O2/c1-2-9-6-7-11-10(8-9)4-3-5-12(11)13(14)15/h2-8H,1H2,(H,14,15). The van der Waals surface area contributed by atoms with Crippen LogP contribution in [0.1, 0.15) is 15.9 Å². The van der Waals surface area contributed by atoms with E-state index in [4.69, 9.17) is 5.11 Å². The zero-order chi connectivity index (χ0) is 10.8. The highest BCUT2D eigenvalue weighted by Gasteiger charge is 2.06. The molecule has 0 bridgehead atoms. The van der Waals surface area contributed by atoms with Gasteiger partial charge in [-0.05, 0) is 28.5 Å². The molecule has 0 heterocycles. The first-order valence-corrected chi connectivity index (χ1v) is 4.61. The number of carboxylic acids is 1. The number of benzene rings is 2. The van der Waals surface area contributed by atoms with E-state index in [1.807, 2.05) is 24.3 Å². The first-order chi connectivity index (χ1) is 7.22. The summed E-state index contributed by atoms with van der Waals surface area (Å²) < 4.78 is 0. The van der Waals surface area contributed by atoms with Crippen molar-refractivity contribution in [1.82, 2.24) is 0 Å². The van der Waals surface area contributed by atoms with Crippen molar-refractivity contribution in [2.45, 2.75) is 0 Å². The summed E-state index contributed by atoms with van der Waals surface area (Å²) in [6.45, 7) is 3.68. The molecule has 0 aliphatic heterocycles. The summed E-state index contributed by atoms with van der Waals surface area (Å²) in [5.41, 5.74) is 1.33. The number of fused-ring (bicyclic) bond motifs is 1. The molecule has 0 spiro atoms. The fraction of sp³-hybridized carbons (Fsp3) is 0. The Hall–Kier alpha value is -2.09. The van der Waals surface area contributed by atoms with E-state index in [-0.39, 0.29) is 0 Å². The van der Waals surface area contributed by atoms with Crippen molar-refractivity contribution in [1.29, 1.82) is 0 Å². The van der Waals surface area contributed by atoms with Crippen molar-refractivity contribution in [3.05, 3.63) is 54.1 Å². The normalized spacial score (nSPS) is 10.1. The number of hydrogen-bond donors (Lipinski definition) is 1. The molecule has 2 nitrogen and oxygen atoms in total. The Morgan fingerprint density at radius 3 is 2.73 bits per heavy atom. The molecule has 2 heteroatoms. The van der Waals surface area contributed by atoms with Gasteiger partial charge in [-0.15, -0.1) is 0 Å². The van der Waals surface area contributed by atoms with E-state index < -0.39 is 5.97 Å². The maximum atomic E-state index is 10.9. The van der Waals surface area contributed by atoms with E-state index in [2.05, 4.69) is 6.58 Å². The van der Waals surface area contributed by atoms with Gasteiger partial charge in [0.25, 0.3) is 0 Å². The summed E-state index contributed by atoms with van der Waals surface area (Å²) in [6.07, 6.45) is 1.74. The molecule has 0 atom stereocenters. The first kappa shape index (κ1) is 9.46. The van der Waals surface area contributed by atoms with Crippen LogP contribution in [0.25, 0.3) is 16.8 Å². The van der Waals surface area contributed by atoms with Gasteiger partial charge in [-0.3, -0.25) is 0 Å². The molecule has 0 aliphatic carbocycles. The minimum atomic E-state index is -0.896. The van der Waals surface area contributed by atoms with Crippen molar-refractivity contribution in [3.63, 3.8) is 0 Å². The Morgan fingerprint density at radius 1 is 1.27 bits per heavy atom. The lowest BCUT2D eigenvalue weighted by Gasteiger charge is -2.03. The number of hydrogen-bond acceptors (Lipinski definition) is 1. The molecule has 0 aromatic heterocycles. The Balaban J connectivity index is 2.77. The van der Waals surface area contributed by atoms with Gasteiger partial charge in [-0.2, -0.15) is 0 Å². The highest BCUT2D eigenvalue weighted by atomic mass is 16.4. The van der Waals surface area contributed by atoms with Crippen molar-refractivity contribution in [2.24, 2.45) is 0 Å². The molecule has 0 fully saturated rings. The molecular weight excluding hydrogens is 188 g/mol. The number of carboxylic acid groups (broad SMARTS) is 1. The van der Waals surface area contributed by atoms with Crippen molar-refractivity contribution < 1.29 is 9.90 Å². The monoisotopic (exact) mass is 198 g/mol. The number of carbonyl (C=O) groups is 1. The molecule has 1 N–H and O–H groups in total. The molecule has 0 saturated carbocycles. The third kappa shape index (κ3) is 1.62. The minimum Gasteiger partial charge on any atom is -0.478 e. The second kappa shape index (κ2) is 3.58. The molecular formula is C13H10O2. The van der Waals surface area contributed by atoms with Crippen LogP contribution in [0.2, 0.25) is 0 Å². The summed E-state index contributed by atoms with van der Waals surface area (Å²) in [5.74, 6) is -0.896. The quantitative estimate of drug-likeness (QED) is 0.804. The second-order valence-corrected chi connectivity index (χ2v) is 3.30. The van der Waals surface area contributed by atoms with Crippen LogP contribution in [0, 0.1) is 0 Å². The lowest BCUT2D eigenvalue weighted by atomic mass is 10.0. The second-order valence-electron chi connectivity index (χ2n) is 3.30. The Bertz CT molecular complexity index is 541. The Kier molecular flexibility index (Phi) is 2.26. The largest absolute Gasteiger partial charge is 0.478 e. The Labute approximate surface area is 87.5 Å². The third-order valence-electron chi connectivity index (χ3n) is 2.37. The topological polar surface area (TPSA) is 37.3 Å². The molecule has 2 aromatic carbocycles. The van der Waals surface area contributed by atoms with Gasteiger partial charge in [0.15, 0.2) is 0 Å². The lowest BCUT2D eigenvalue weighted by molar-refractivity contribution is 0.0699.